The predicted octanol–water partition coefficient (Wildman–Crippen LogP) is 1.78. The van der Waals surface area contributed by atoms with E-state index < -0.39 is 0 Å². The van der Waals surface area contributed by atoms with Gasteiger partial charge in [-0.05, 0) is 18.1 Å². The number of ether oxygens (including phenoxy) is 1. The lowest BCUT2D eigenvalue weighted by Crippen LogP contribution is -2.30. The summed E-state index contributed by atoms with van der Waals surface area (Å²) in [6.45, 7) is 0.900. The molecule has 1 unspecified atom stereocenters. The van der Waals surface area contributed by atoms with Gasteiger partial charge in [-0.2, -0.15) is 0 Å². The van der Waals surface area contributed by atoms with Crippen molar-refractivity contribution in [3.63, 3.8) is 0 Å². The molecule has 15 heavy (non-hydrogen) atoms. The average Bonchev–Trinajstić information content (AvgIpc) is 2.29. The highest BCUT2D eigenvalue weighted by Gasteiger charge is 2.28. The van der Waals surface area contributed by atoms with E-state index in [1.54, 1.807) is 0 Å². The molecule has 0 saturated carbocycles. The van der Waals surface area contributed by atoms with Crippen LogP contribution >= 0.6 is 0 Å². The van der Waals surface area contributed by atoms with Crippen LogP contribution in [0.25, 0.3) is 0 Å². The molecule has 2 rings (SSSR count). The molecule has 0 spiro atoms. The lowest BCUT2D eigenvalue weighted by atomic mass is 9.90. The summed E-state index contributed by atoms with van der Waals surface area (Å²) in [6.07, 6.45) is 0.834. The summed E-state index contributed by atoms with van der Waals surface area (Å²) in [6, 6.07) is 8.01. The summed E-state index contributed by atoms with van der Waals surface area (Å²) in [5, 5.41) is 0. The van der Waals surface area contributed by atoms with Crippen molar-refractivity contribution in [1.29, 1.82) is 0 Å². The highest BCUT2D eigenvalue weighted by atomic mass is 16.5. The minimum Gasteiger partial charge on any atom is -0.469 e. The van der Waals surface area contributed by atoms with Crippen LogP contribution in [0.1, 0.15) is 17.9 Å². The number of anilines is 1. The van der Waals surface area contributed by atoms with Gasteiger partial charge in [-0.15, -0.1) is 0 Å². The van der Waals surface area contributed by atoms with Crippen LogP contribution in [0.15, 0.2) is 24.3 Å². The van der Waals surface area contributed by atoms with Crippen molar-refractivity contribution < 1.29 is 9.53 Å². The number of carbonyl (C=O) groups is 1. The van der Waals surface area contributed by atoms with Crippen molar-refractivity contribution in [2.45, 2.75) is 12.3 Å². The molecule has 0 bridgehead atoms. The number of hydrogen-bond donors (Lipinski definition) is 0. The average molecular weight is 205 g/mol. The Balaban J connectivity index is 2.40. The molecule has 3 heteroatoms. The fraction of sp³-hybridized carbons (Fsp3) is 0.417. The molecule has 1 heterocycles. The summed E-state index contributed by atoms with van der Waals surface area (Å²) < 4.78 is 4.82. The second-order valence-corrected chi connectivity index (χ2v) is 3.84. The molecule has 0 aliphatic carbocycles. The summed E-state index contributed by atoms with van der Waals surface area (Å²) >= 11 is 0. The number of esters is 1. The van der Waals surface area contributed by atoms with Crippen LogP contribution in [0.5, 0.6) is 0 Å². The highest BCUT2D eigenvalue weighted by Crippen LogP contribution is 2.34. The maximum Gasteiger partial charge on any atom is 0.313 e. The van der Waals surface area contributed by atoms with E-state index in [-0.39, 0.29) is 11.9 Å². The molecular formula is C12H15NO2. The van der Waals surface area contributed by atoms with Gasteiger partial charge in [-0.3, -0.25) is 4.79 Å². The van der Waals surface area contributed by atoms with Crippen molar-refractivity contribution in [2.75, 3.05) is 25.6 Å². The Hall–Kier alpha value is -1.51. The van der Waals surface area contributed by atoms with Gasteiger partial charge in [0.05, 0.1) is 13.0 Å². The number of carbonyl (C=O) groups excluding carboxylic acids is 1. The molecule has 1 aromatic carbocycles. The Morgan fingerprint density at radius 3 is 2.93 bits per heavy atom. The first-order chi connectivity index (χ1) is 7.24. The molecule has 0 aromatic heterocycles. The molecule has 80 valence electrons. The molecule has 0 saturated heterocycles. The summed E-state index contributed by atoms with van der Waals surface area (Å²) in [5.41, 5.74) is 2.22. The smallest absolute Gasteiger partial charge is 0.313 e. The quantitative estimate of drug-likeness (QED) is 0.654. The second-order valence-electron chi connectivity index (χ2n) is 3.84. The maximum absolute atomic E-state index is 11.6. The number of benzene rings is 1. The highest BCUT2D eigenvalue weighted by molar-refractivity contribution is 5.81. The number of para-hydroxylation sites is 1. The zero-order valence-corrected chi connectivity index (χ0v) is 9.06. The molecular weight excluding hydrogens is 190 g/mol. The van der Waals surface area contributed by atoms with Gasteiger partial charge in [-0.25, -0.2) is 0 Å². The normalized spacial score (nSPS) is 19.6. The van der Waals surface area contributed by atoms with E-state index in [0.717, 1.165) is 24.2 Å². The molecule has 1 aliphatic heterocycles. The van der Waals surface area contributed by atoms with Gasteiger partial charge < -0.3 is 9.64 Å². The van der Waals surface area contributed by atoms with Crippen molar-refractivity contribution in [3.8, 4) is 0 Å². The molecule has 0 N–H and O–H groups in total. The lowest BCUT2D eigenvalue weighted by Gasteiger charge is -2.31. The van der Waals surface area contributed by atoms with E-state index in [0.29, 0.717) is 0 Å². The van der Waals surface area contributed by atoms with Crippen LogP contribution in [0, 0.1) is 0 Å². The standard InChI is InChI=1S/C12H15NO2/c1-13-8-7-10(12(14)15-2)9-5-3-4-6-11(9)13/h3-6,10H,7-8H2,1-2H3. The van der Waals surface area contributed by atoms with E-state index in [2.05, 4.69) is 4.90 Å². The summed E-state index contributed by atoms with van der Waals surface area (Å²) in [4.78, 5) is 13.8. The summed E-state index contributed by atoms with van der Waals surface area (Å²) in [5.74, 6) is -0.224. The van der Waals surface area contributed by atoms with Crippen LogP contribution < -0.4 is 4.90 Å². The molecule has 1 atom stereocenters. The van der Waals surface area contributed by atoms with E-state index in [9.17, 15) is 4.79 Å². The fourth-order valence-electron chi connectivity index (χ4n) is 2.12. The third kappa shape index (κ3) is 1.69. The van der Waals surface area contributed by atoms with Gasteiger partial charge in [0.25, 0.3) is 0 Å². The van der Waals surface area contributed by atoms with Crippen LogP contribution in [-0.2, 0) is 9.53 Å². The maximum atomic E-state index is 11.6. The third-order valence-electron chi connectivity index (χ3n) is 2.96. The minimum atomic E-state index is -0.129. The van der Waals surface area contributed by atoms with Crippen molar-refractivity contribution in [2.24, 2.45) is 0 Å². The largest absolute Gasteiger partial charge is 0.469 e. The van der Waals surface area contributed by atoms with Gasteiger partial charge in [-0.1, -0.05) is 18.2 Å². The molecule has 0 radical (unpaired) electrons. The first kappa shape index (κ1) is 10.0. The molecule has 1 aromatic rings. The number of methoxy groups -OCH3 is 1. The van der Waals surface area contributed by atoms with E-state index in [1.807, 2.05) is 31.3 Å². The Bertz CT molecular complexity index is 376. The molecule has 3 nitrogen and oxygen atoms in total. The number of hydrogen-bond acceptors (Lipinski definition) is 3. The Labute approximate surface area is 89.7 Å². The number of rotatable bonds is 1. The van der Waals surface area contributed by atoms with E-state index in [1.165, 1.54) is 7.11 Å². The summed E-state index contributed by atoms with van der Waals surface area (Å²) in [7, 11) is 3.50. The van der Waals surface area contributed by atoms with Crippen LogP contribution in [0.4, 0.5) is 5.69 Å². The minimum absolute atomic E-state index is 0.0950. The molecule has 0 fully saturated rings. The van der Waals surface area contributed by atoms with Gasteiger partial charge in [0.1, 0.15) is 0 Å². The van der Waals surface area contributed by atoms with Crippen molar-refractivity contribution in [1.82, 2.24) is 0 Å². The topological polar surface area (TPSA) is 29.5 Å². The molecule has 1 aliphatic rings. The predicted molar refractivity (Wildman–Crippen MR) is 59.1 cm³/mol. The van der Waals surface area contributed by atoms with E-state index >= 15 is 0 Å². The van der Waals surface area contributed by atoms with E-state index in [4.69, 9.17) is 4.74 Å². The fourth-order valence-corrected chi connectivity index (χ4v) is 2.12. The number of nitrogens with zero attached hydrogens (tertiary/aromatic N) is 1. The monoisotopic (exact) mass is 205 g/mol. The SMILES string of the molecule is COC(=O)C1CCN(C)c2ccccc21. The van der Waals surface area contributed by atoms with Crippen molar-refractivity contribution in [3.05, 3.63) is 29.8 Å². The Kier molecular flexibility index (Phi) is 2.62. The number of fused-ring (bicyclic) bond motifs is 1. The van der Waals surface area contributed by atoms with Crippen LogP contribution in [-0.4, -0.2) is 26.7 Å². The zero-order chi connectivity index (χ0) is 10.8. The first-order valence-electron chi connectivity index (χ1n) is 5.12. The Morgan fingerprint density at radius 1 is 1.47 bits per heavy atom. The third-order valence-corrected chi connectivity index (χ3v) is 2.96. The van der Waals surface area contributed by atoms with Gasteiger partial charge in [0.15, 0.2) is 0 Å². The lowest BCUT2D eigenvalue weighted by molar-refractivity contribution is -0.142. The van der Waals surface area contributed by atoms with Crippen LogP contribution in [0.3, 0.4) is 0 Å². The van der Waals surface area contributed by atoms with Gasteiger partial charge in [0.2, 0.25) is 0 Å². The van der Waals surface area contributed by atoms with Crippen molar-refractivity contribution >= 4 is 11.7 Å². The zero-order valence-electron chi connectivity index (χ0n) is 9.06. The van der Waals surface area contributed by atoms with Crippen LogP contribution in [0.2, 0.25) is 0 Å². The second kappa shape index (κ2) is 3.93. The molecule has 0 amide bonds. The Morgan fingerprint density at radius 2 is 2.20 bits per heavy atom. The first-order valence-corrected chi connectivity index (χ1v) is 5.12. The van der Waals surface area contributed by atoms with Gasteiger partial charge >= 0.3 is 5.97 Å². The van der Waals surface area contributed by atoms with Gasteiger partial charge in [0, 0.05) is 19.3 Å².